The second kappa shape index (κ2) is 3.63. The molecular formula is C9H11N3O2. The zero-order valence-electron chi connectivity index (χ0n) is 7.80. The fourth-order valence-corrected chi connectivity index (χ4v) is 1.09. The first-order valence-electron chi connectivity index (χ1n) is 4.36. The van der Waals surface area contributed by atoms with Crippen molar-refractivity contribution in [3.8, 4) is 0 Å². The molecule has 1 atom stereocenters. The molecule has 74 valence electrons. The molecule has 0 saturated carbocycles. The lowest BCUT2D eigenvalue weighted by molar-refractivity contribution is 0.368. The number of hydrogen-bond acceptors (Lipinski definition) is 5. The van der Waals surface area contributed by atoms with E-state index in [-0.39, 0.29) is 6.04 Å². The highest BCUT2D eigenvalue weighted by Gasteiger charge is 2.10. The number of hydrogen-bond donors (Lipinski definition) is 1. The minimum absolute atomic E-state index is 0.205. The van der Waals surface area contributed by atoms with Gasteiger partial charge >= 0.3 is 0 Å². The van der Waals surface area contributed by atoms with Gasteiger partial charge in [0.1, 0.15) is 5.76 Å². The third kappa shape index (κ3) is 1.82. The second-order valence-electron chi connectivity index (χ2n) is 3.09. The monoisotopic (exact) mass is 193 g/mol. The smallest absolute Gasteiger partial charge is 0.234 e. The minimum atomic E-state index is -0.205. The molecule has 2 heterocycles. The lowest BCUT2D eigenvalue weighted by Gasteiger charge is -1.92. The molecular weight excluding hydrogens is 182 g/mol. The maximum atomic E-state index is 5.59. The second-order valence-corrected chi connectivity index (χ2v) is 3.09. The molecule has 0 aliphatic heterocycles. The summed E-state index contributed by atoms with van der Waals surface area (Å²) >= 11 is 0. The zero-order chi connectivity index (χ0) is 9.97. The lowest BCUT2D eigenvalue weighted by atomic mass is 10.3. The number of nitrogens with two attached hydrogens (primary N) is 1. The van der Waals surface area contributed by atoms with Gasteiger partial charge in [0.25, 0.3) is 0 Å². The van der Waals surface area contributed by atoms with E-state index in [0.29, 0.717) is 18.1 Å². The molecule has 1 unspecified atom stereocenters. The standard InChI is InChI=1S/C9H11N3O2/c1-6(10)9-11-8(14-12-9)5-7-3-2-4-13-7/h2-4,6H,5,10H2,1H3. The van der Waals surface area contributed by atoms with Crippen molar-refractivity contribution in [3.63, 3.8) is 0 Å². The van der Waals surface area contributed by atoms with Crippen LogP contribution in [0.3, 0.4) is 0 Å². The van der Waals surface area contributed by atoms with Crippen molar-refractivity contribution in [2.45, 2.75) is 19.4 Å². The molecule has 14 heavy (non-hydrogen) atoms. The molecule has 0 aliphatic rings. The largest absolute Gasteiger partial charge is 0.469 e. The van der Waals surface area contributed by atoms with Crippen LogP contribution in [-0.2, 0) is 6.42 Å². The van der Waals surface area contributed by atoms with E-state index < -0.39 is 0 Å². The highest BCUT2D eigenvalue weighted by Crippen LogP contribution is 2.10. The maximum Gasteiger partial charge on any atom is 0.234 e. The molecule has 0 saturated heterocycles. The summed E-state index contributed by atoms with van der Waals surface area (Å²) in [6.07, 6.45) is 2.12. The van der Waals surface area contributed by atoms with Crippen LogP contribution in [0, 0.1) is 0 Å². The van der Waals surface area contributed by atoms with E-state index in [1.165, 1.54) is 0 Å². The first-order valence-corrected chi connectivity index (χ1v) is 4.36. The fourth-order valence-electron chi connectivity index (χ4n) is 1.09. The van der Waals surface area contributed by atoms with Gasteiger partial charge in [-0.25, -0.2) is 0 Å². The van der Waals surface area contributed by atoms with Gasteiger partial charge in [-0.1, -0.05) is 5.16 Å². The van der Waals surface area contributed by atoms with Gasteiger partial charge in [0, 0.05) is 0 Å². The van der Waals surface area contributed by atoms with E-state index in [2.05, 4.69) is 10.1 Å². The minimum Gasteiger partial charge on any atom is -0.469 e. The molecule has 2 aromatic heterocycles. The fraction of sp³-hybridized carbons (Fsp3) is 0.333. The van der Waals surface area contributed by atoms with Gasteiger partial charge in [-0.05, 0) is 19.1 Å². The Balaban J connectivity index is 2.11. The van der Waals surface area contributed by atoms with E-state index in [0.717, 1.165) is 5.76 Å². The first-order chi connectivity index (χ1) is 6.75. The Morgan fingerprint density at radius 2 is 2.43 bits per heavy atom. The van der Waals surface area contributed by atoms with Crippen LogP contribution in [0.2, 0.25) is 0 Å². The highest BCUT2D eigenvalue weighted by atomic mass is 16.5. The van der Waals surface area contributed by atoms with Gasteiger partial charge in [-0.15, -0.1) is 0 Å². The summed E-state index contributed by atoms with van der Waals surface area (Å²) in [6.45, 7) is 1.81. The van der Waals surface area contributed by atoms with Crippen LogP contribution in [0.4, 0.5) is 0 Å². The average Bonchev–Trinajstić information content (AvgIpc) is 2.75. The molecule has 0 radical (unpaired) electrons. The molecule has 0 amide bonds. The third-order valence-electron chi connectivity index (χ3n) is 1.80. The van der Waals surface area contributed by atoms with Crippen LogP contribution in [0.15, 0.2) is 27.3 Å². The van der Waals surface area contributed by atoms with Crippen LogP contribution in [0.25, 0.3) is 0 Å². The molecule has 2 N–H and O–H groups in total. The van der Waals surface area contributed by atoms with E-state index in [1.54, 1.807) is 6.26 Å². The maximum absolute atomic E-state index is 5.59. The Labute approximate surface area is 80.9 Å². The Morgan fingerprint density at radius 3 is 3.00 bits per heavy atom. The van der Waals surface area contributed by atoms with E-state index in [9.17, 15) is 0 Å². The van der Waals surface area contributed by atoms with Gasteiger partial charge in [-0.3, -0.25) is 0 Å². The molecule has 5 heteroatoms. The van der Waals surface area contributed by atoms with Crippen molar-refractivity contribution < 1.29 is 8.94 Å². The summed E-state index contributed by atoms with van der Waals surface area (Å²) in [5.41, 5.74) is 5.59. The summed E-state index contributed by atoms with van der Waals surface area (Å²) in [7, 11) is 0. The summed E-state index contributed by atoms with van der Waals surface area (Å²) in [5.74, 6) is 1.84. The van der Waals surface area contributed by atoms with Crippen LogP contribution < -0.4 is 5.73 Å². The molecule has 0 bridgehead atoms. The normalized spacial score (nSPS) is 13.0. The van der Waals surface area contributed by atoms with Crippen molar-refractivity contribution >= 4 is 0 Å². The van der Waals surface area contributed by atoms with Crippen molar-refractivity contribution in [2.24, 2.45) is 5.73 Å². The summed E-state index contributed by atoms with van der Waals surface area (Å²) in [5, 5.41) is 3.74. The topological polar surface area (TPSA) is 78.1 Å². The summed E-state index contributed by atoms with van der Waals surface area (Å²) in [4.78, 5) is 4.12. The van der Waals surface area contributed by atoms with E-state index in [4.69, 9.17) is 14.7 Å². The van der Waals surface area contributed by atoms with Gasteiger partial charge < -0.3 is 14.7 Å². The molecule has 2 aromatic rings. The Bertz CT molecular complexity index is 392. The number of nitrogens with zero attached hydrogens (tertiary/aromatic N) is 2. The Kier molecular flexibility index (Phi) is 2.32. The molecule has 0 fully saturated rings. The SMILES string of the molecule is CC(N)c1noc(Cc2ccco2)n1. The molecule has 0 aromatic carbocycles. The van der Waals surface area contributed by atoms with Crippen molar-refractivity contribution in [2.75, 3.05) is 0 Å². The van der Waals surface area contributed by atoms with Gasteiger partial charge in [0.2, 0.25) is 5.89 Å². The van der Waals surface area contributed by atoms with Crippen LogP contribution >= 0.6 is 0 Å². The number of aromatic nitrogens is 2. The van der Waals surface area contributed by atoms with Crippen LogP contribution in [0.5, 0.6) is 0 Å². The predicted molar refractivity (Wildman–Crippen MR) is 48.4 cm³/mol. The highest BCUT2D eigenvalue weighted by molar-refractivity contribution is 5.05. The van der Waals surface area contributed by atoms with Gasteiger partial charge in [0.15, 0.2) is 5.82 Å². The Hall–Kier alpha value is -1.62. The number of furan rings is 1. The number of rotatable bonds is 3. The lowest BCUT2D eigenvalue weighted by Crippen LogP contribution is -2.06. The van der Waals surface area contributed by atoms with Crippen molar-refractivity contribution in [1.29, 1.82) is 0 Å². The van der Waals surface area contributed by atoms with E-state index in [1.807, 2.05) is 19.1 Å². The molecule has 0 spiro atoms. The third-order valence-corrected chi connectivity index (χ3v) is 1.80. The van der Waals surface area contributed by atoms with E-state index >= 15 is 0 Å². The first kappa shape index (κ1) is 8.96. The predicted octanol–water partition coefficient (Wildman–Crippen LogP) is 1.27. The van der Waals surface area contributed by atoms with Gasteiger partial charge in [-0.2, -0.15) is 4.98 Å². The van der Waals surface area contributed by atoms with Crippen molar-refractivity contribution in [3.05, 3.63) is 35.9 Å². The summed E-state index contributed by atoms with van der Waals surface area (Å²) < 4.78 is 10.1. The average molecular weight is 193 g/mol. The Morgan fingerprint density at radius 1 is 1.57 bits per heavy atom. The summed E-state index contributed by atoms with van der Waals surface area (Å²) in [6, 6.07) is 3.47. The molecule has 0 aliphatic carbocycles. The van der Waals surface area contributed by atoms with Crippen molar-refractivity contribution in [1.82, 2.24) is 10.1 Å². The van der Waals surface area contributed by atoms with Crippen LogP contribution in [-0.4, -0.2) is 10.1 Å². The quantitative estimate of drug-likeness (QED) is 0.794. The zero-order valence-corrected chi connectivity index (χ0v) is 7.80. The molecule has 5 nitrogen and oxygen atoms in total. The van der Waals surface area contributed by atoms with Gasteiger partial charge in [0.05, 0.1) is 18.7 Å². The van der Waals surface area contributed by atoms with Crippen LogP contribution in [0.1, 0.15) is 30.4 Å². The molecule has 2 rings (SSSR count).